The zero-order chi connectivity index (χ0) is 38.7. The third-order valence-corrected chi connectivity index (χ3v) is 11.3. The highest BCUT2D eigenvalue weighted by molar-refractivity contribution is 7.89. The number of nitrogens with zero attached hydrogens (tertiary/aromatic N) is 4. The monoisotopic (exact) mass is 764 g/mol. The number of nitriles is 1. The molecule has 1 saturated carbocycles. The Labute approximate surface area is 309 Å². The van der Waals surface area contributed by atoms with Crippen LogP contribution >= 0.6 is 0 Å². The number of carboxylic acids is 1. The SMILES string of the molecule is CCOc1cc(C(=O)O)ccc1N(Cc1cc(C2CC2)cc(N2CCCC2)c1)C(=O)CN(Cc1ccccc1C#N)S(=O)(=O)c1c(F)cc(F)c(F)c1F. The van der Waals surface area contributed by atoms with Crippen LogP contribution in [0.5, 0.6) is 5.75 Å². The highest BCUT2D eigenvalue weighted by atomic mass is 32.2. The first-order valence-electron chi connectivity index (χ1n) is 17.3. The zero-order valence-corrected chi connectivity index (χ0v) is 30.0. The van der Waals surface area contributed by atoms with Crippen LogP contribution in [0.4, 0.5) is 28.9 Å². The molecular weight excluding hydrogens is 729 g/mol. The zero-order valence-electron chi connectivity index (χ0n) is 29.2. The van der Waals surface area contributed by atoms with Gasteiger partial charge >= 0.3 is 5.97 Å². The molecule has 54 heavy (non-hydrogen) atoms. The summed E-state index contributed by atoms with van der Waals surface area (Å²) in [4.78, 5) is 28.2. The standard InChI is InChI=1S/C39H36F4N4O6S/c1-2-53-34-18-26(39(49)50)11-12-33(34)47(21-24-15-29(25-9-10-25)17-30(16-24)45-13-5-6-14-45)35(48)23-46(22-28-8-4-3-7-27(28)20-44)54(51,52)38-32(41)19-31(40)36(42)37(38)43/h3-4,7-8,11-12,15-19,25H,2,5-6,9-10,13-14,21-23H2,1H3,(H,49,50). The minimum Gasteiger partial charge on any atom is -0.492 e. The highest BCUT2D eigenvalue weighted by Crippen LogP contribution is 2.42. The van der Waals surface area contributed by atoms with E-state index in [4.69, 9.17) is 4.74 Å². The van der Waals surface area contributed by atoms with Gasteiger partial charge in [0.25, 0.3) is 0 Å². The molecule has 6 rings (SSSR count). The van der Waals surface area contributed by atoms with E-state index < -0.39 is 63.2 Å². The Bertz CT molecular complexity index is 2250. The molecule has 1 amide bonds. The number of aromatic carboxylic acids is 1. The van der Waals surface area contributed by atoms with Crippen LogP contribution < -0.4 is 14.5 Å². The van der Waals surface area contributed by atoms with Crippen LogP contribution in [0.25, 0.3) is 0 Å². The van der Waals surface area contributed by atoms with Gasteiger partial charge in [-0.2, -0.15) is 9.57 Å². The number of halogens is 4. The van der Waals surface area contributed by atoms with Gasteiger partial charge in [-0.1, -0.05) is 24.3 Å². The first-order chi connectivity index (χ1) is 25.8. The predicted molar refractivity (Wildman–Crippen MR) is 191 cm³/mol. The van der Waals surface area contributed by atoms with Gasteiger partial charge in [0, 0.05) is 31.4 Å². The Balaban J connectivity index is 1.48. The van der Waals surface area contributed by atoms with Crippen molar-refractivity contribution in [3.8, 4) is 11.8 Å². The number of hydrogen-bond acceptors (Lipinski definition) is 7. The molecule has 0 bridgehead atoms. The molecule has 0 spiro atoms. The fourth-order valence-corrected chi connectivity index (χ4v) is 8.04. The van der Waals surface area contributed by atoms with Crippen molar-refractivity contribution in [2.24, 2.45) is 0 Å². The number of carbonyl (C=O) groups is 2. The fraction of sp³-hybridized carbons (Fsp3) is 0.308. The maximum atomic E-state index is 15.1. The predicted octanol–water partition coefficient (Wildman–Crippen LogP) is 7.11. The Hall–Kier alpha value is -5.46. The van der Waals surface area contributed by atoms with Crippen LogP contribution in [0.15, 0.2) is 71.6 Å². The van der Waals surface area contributed by atoms with Crippen molar-refractivity contribution in [1.29, 1.82) is 5.26 Å². The van der Waals surface area contributed by atoms with Crippen LogP contribution in [0.3, 0.4) is 0 Å². The van der Waals surface area contributed by atoms with E-state index in [1.165, 1.54) is 47.4 Å². The van der Waals surface area contributed by atoms with Gasteiger partial charge in [0.1, 0.15) is 11.6 Å². The lowest BCUT2D eigenvalue weighted by molar-refractivity contribution is -0.119. The summed E-state index contributed by atoms with van der Waals surface area (Å²) in [5, 5.41) is 19.4. The van der Waals surface area contributed by atoms with Crippen LogP contribution in [-0.4, -0.2) is 55.9 Å². The molecule has 1 N–H and O–H groups in total. The first kappa shape index (κ1) is 38.3. The van der Waals surface area contributed by atoms with E-state index in [2.05, 4.69) is 11.0 Å². The number of amides is 1. The minimum atomic E-state index is -5.47. The summed E-state index contributed by atoms with van der Waals surface area (Å²) in [7, 11) is -5.47. The van der Waals surface area contributed by atoms with Gasteiger partial charge in [-0.3, -0.25) is 4.79 Å². The van der Waals surface area contributed by atoms with Gasteiger partial charge in [-0.15, -0.1) is 0 Å². The van der Waals surface area contributed by atoms with Crippen LogP contribution in [0, 0.1) is 34.6 Å². The number of anilines is 2. The Kier molecular flexibility index (Phi) is 11.3. The molecule has 282 valence electrons. The lowest BCUT2D eigenvalue weighted by Crippen LogP contribution is -2.43. The maximum Gasteiger partial charge on any atom is 0.335 e. The fourth-order valence-electron chi connectivity index (χ4n) is 6.57. The number of ether oxygens (including phenoxy) is 1. The summed E-state index contributed by atoms with van der Waals surface area (Å²) < 4.78 is 93.0. The van der Waals surface area contributed by atoms with Crippen LogP contribution in [0.1, 0.15) is 71.1 Å². The molecule has 1 saturated heterocycles. The maximum absolute atomic E-state index is 15.1. The second-order valence-corrected chi connectivity index (χ2v) is 15.0. The molecule has 0 atom stereocenters. The summed E-state index contributed by atoms with van der Waals surface area (Å²) in [6, 6.07) is 17.4. The van der Waals surface area contributed by atoms with E-state index in [0.29, 0.717) is 15.8 Å². The molecule has 4 aromatic carbocycles. The topological polar surface area (TPSA) is 131 Å². The molecule has 1 aliphatic heterocycles. The van der Waals surface area contributed by atoms with Crippen molar-refractivity contribution in [1.82, 2.24) is 4.31 Å². The van der Waals surface area contributed by atoms with Crippen molar-refractivity contribution < 1.29 is 45.4 Å². The molecule has 2 aliphatic rings. The Morgan fingerprint density at radius 2 is 1.67 bits per heavy atom. The smallest absolute Gasteiger partial charge is 0.335 e. The lowest BCUT2D eigenvalue weighted by atomic mass is 10.0. The number of sulfonamides is 1. The van der Waals surface area contributed by atoms with Crippen molar-refractivity contribution in [3.05, 3.63) is 118 Å². The van der Waals surface area contributed by atoms with E-state index in [1.807, 2.05) is 18.2 Å². The van der Waals surface area contributed by atoms with E-state index in [1.54, 1.807) is 6.92 Å². The number of hydrogen-bond donors (Lipinski definition) is 1. The van der Waals surface area contributed by atoms with Gasteiger partial charge in [0.15, 0.2) is 22.3 Å². The molecule has 1 heterocycles. The first-order valence-corrected chi connectivity index (χ1v) is 18.8. The van der Waals surface area contributed by atoms with Crippen molar-refractivity contribution in [3.63, 3.8) is 0 Å². The molecule has 2 fully saturated rings. The largest absolute Gasteiger partial charge is 0.492 e. The molecule has 0 aromatic heterocycles. The quantitative estimate of drug-likeness (QED) is 0.0817. The van der Waals surface area contributed by atoms with Crippen molar-refractivity contribution >= 4 is 33.3 Å². The van der Waals surface area contributed by atoms with E-state index >= 15 is 8.78 Å². The molecule has 4 aromatic rings. The molecule has 0 unspecified atom stereocenters. The van der Waals surface area contributed by atoms with Crippen molar-refractivity contribution in [2.45, 2.75) is 56.5 Å². The van der Waals surface area contributed by atoms with Gasteiger partial charge in [0.2, 0.25) is 15.9 Å². The highest BCUT2D eigenvalue weighted by Gasteiger charge is 2.37. The van der Waals surface area contributed by atoms with Gasteiger partial charge in [0.05, 0.1) is 42.6 Å². The third kappa shape index (κ3) is 8.04. The van der Waals surface area contributed by atoms with E-state index in [-0.39, 0.29) is 47.3 Å². The number of carbonyl (C=O) groups excluding carboxylic acids is 1. The Morgan fingerprint density at radius 3 is 2.33 bits per heavy atom. The number of carboxylic acid groups (broad SMARTS) is 1. The normalized spacial score (nSPS) is 14.3. The second kappa shape index (κ2) is 15.9. The number of rotatable bonds is 14. The lowest BCUT2D eigenvalue weighted by Gasteiger charge is -2.30. The van der Waals surface area contributed by atoms with Crippen LogP contribution in [0.2, 0.25) is 0 Å². The molecule has 10 nitrogen and oxygen atoms in total. The average molecular weight is 765 g/mol. The van der Waals surface area contributed by atoms with E-state index in [9.17, 15) is 37.2 Å². The van der Waals surface area contributed by atoms with Gasteiger partial charge in [-0.05, 0) is 91.6 Å². The van der Waals surface area contributed by atoms with Crippen molar-refractivity contribution in [2.75, 3.05) is 36.0 Å². The molecule has 1 aliphatic carbocycles. The summed E-state index contributed by atoms with van der Waals surface area (Å²) in [6.07, 6.45) is 4.01. The van der Waals surface area contributed by atoms with Gasteiger partial charge in [-0.25, -0.2) is 30.8 Å². The molecule has 15 heteroatoms. The number of benzene rings is 4. The van der Waals surface area contributed by atoms with E-state index in [0.717, 1.165) is 50.0 Å². The molecule has 0 radical (unpaired) electrons. The Morgan fingerprint density at radius 1 is 0.944 bits per heavy atom. The summed E-state index contributed by atoms with van der Waals surface area (Å²) in [5.74, 6) is -10.3. The summed E-state index contributed by atoms with van der Waals surface area (Å²) in [6.45, 7) is 1.36. The second-order valence-electron chi connectivity index (χ2n) is 13.1. The third-order valence-electron chi connectivity index (χ3n) is 9.43. The van der Waals surface area contributed by atoms with Crippen LogP contribution in [-0.2, 0) is 27.9 Å². The summed E-state index contributed by atoms with van der Waals surface area (Å²) in [5.41, 5.74) is 2.65. The average Bonchev–Trinajstić information content (AvgIpc) is 3.85. The van der Waals surface area contributed by atoms with Gasteiger partial charge < -0.3 is 19.6 Å². The minimum absolute atomic E-state index is 0.00853. The molecular formula is C39H36F4N4O6S. The summed E-state index contributed by atoms with van der Waals surface area (Å²) >= 11 is 0.